The lowest BCUT2D eigenvalue weighted by Gasteiger charge is -2.37. The zero-order chi connectivity index (χ0) is 48.9. The number of hydrogen-bond donors (Lipinski definition) is 0. The molecule has 4 saturated carbocycles. The minimum atomic E-state index is -0.660. The fourth-order valence-corrected chi connectivity index (χ4v) is 14.3. The molecule has 372 valence electrons. The average Bonchev–Trinajstić information content (AvgIpc) is 4.40. The molecule has 0 radical (unpaired) electrons. The van der Waals surface area contributed by atoms with Crippen molar-refractivity contribution in [2.75, 3.05) is 0 Å². The van der Waals surface area contributed by atoms with Crippen molar-refractivity contribution in [3.05, 3.63) is 252 Å². The smallest absolute Gasteiger partial charge is 0.121 e. The summed E-state index contributed by atoms with van der Waals surface area (Å²) in [4.78, 5) is 11.0. The molecule has 4 unspecified atom stereocenters. The molecule has 4 aliphatic rings. The highest BCUT2D eigenvalue weighted by atomic mass is 16.5. The van der Waals surface area contributed by atoms with E-state index < -0.39 is 11.1 Å². The third-order valence-corrected chi connectivity index (χ3v) is 18.1. The molecular weight excluding hydrogens is 889 g/mol. The van der Waals surface area contributed by atoms with Crippen molar-refractivity contribution in [1.82, 2.24) is 19.1 Å². The summed E-state index contributed by atoms with van der Waals surface area (Å²) in [6.45, 7) is 0. The summed E-state index contributed by atoms with van der Waals surface area (Å²) < 4.78 is 12.8. The maximum atomic E-state index is 7.96. The number of ether oxygens (including phenoxy) is 1. The zero-order valence-corrected chi connectivity index (χ0v) is 42.8. The van der Waals surface area contributed by atoms with Crippen molar-refractivity contribution in [1.29, 1.82) is 0 Å². The van der Waals surface area contributed by atoms with Crippen LogP contribution in [0.3, 0.4) is 0 Å². The molecule has 6 aromatic carbocycles. The highest BCUT2D eigenvalue weighted by Crippen LogP contribution is 2.51. The number of hydrogen-bond acceptors (Lipinski definition) is 3. The summed E-state index contributed by atoms with van der Waals surface area (Å²) in [6, 6.07) is 66.2. The lowest BCUT2D eigenvalue weighted by molar-refractivity contribution is -0.0376. The summed E-state index contributed by atoms with van der Waals surface area (Å²) >= 11 is 0. The van der Waals surface area contributed by atoms with E-state index in [9.17, 15) is 0 Å². The first kappa shape index (κ1) is 47.7. The van der Waals surface area contributed by atoms with Crippen LogP contribution in [0.25, 0.3) is 0 Å². The van der Waals surface area contributed by atoms with Gasteiger partial charge in [0.2, 0.25) is 0 Å². The predicted molar refractivity (Wildman–Crippen MR) is 295 cm³/mol. The van der Waals surface area contributed by atoms with Crippen molar-refractivity contribution >= 4 is 0 Å². The molecule has 0 amide bonds. The zero-order valence-electron chi connectivity index (χ0n) is 42.8. The van der Waals surface area contributed by atoms with Crippen molar-refractivity contribution in [2.24, 2.45) is 35.5 Å². The Morgan fingerprint density at radius 3 is 0.959 bits per heavy atom. The topological polar surface area (TPSA) is 44.9 Å². The predicted octanol–water partition coefficient (Wildman–Crippen LogP) is 16.6. The lowest BCUT2D eigenvalue weighted by atomic mass is 9.74. The SMILES string of the molecule is c1ccc(C(c2ccccc2)(c2ccccc2)n2cnc(C(CCC3CCCC[C@H]3C3CC3)OC(CCC3CCCC[C@H]3C3CC3)c3cn(C(c4ccccc4)(c4ccccc4)c4ccccc4)cn3)c2)cc1. The van der Waals surface area contributed by atoms with Crippen LogP contribution in [0.4, 0.5) is 0 Å². The summed E-state index contributed by atoms with van der Waals surface area (Å²) in [5.74, 6) is 4.97. The van der Waals surface area contributed by atoms with Crippen molar-refractivity contribution in [3.8, 4) is 0 Å². The van der Waals surface area contributed by atoms with Gasteiger partial charge >= 0.3 is 0 Å². The molecule has 2 heterocycles. The summed E-state index contributed by atoms with van der Waals surface area (Å²) in [7, 11) is 0. The number of nitrogens with zero attached hydrogens (tertiary/aromatic N) is 4. The maximum Gasteiger partial charge on any atom is 0.121 e. The Labute approximate surface area is 435 Å². The normalized spacial score (nSPS) is 21.4. The second-order valence-corrected chi connectivity index (χ2v) is 22.4. The van der Waals surface area contributed by atoms with Gasteiger partial charge in [0.15, 0.2) is 0 Å². The molecule has 8 aromatic rings. The van der Waals surface area contributed by atoms with E-state index in [1.54, 1.807) is 0 Å². The molecule has 4 fully saturated rings. The quantitative estimate of drug-likeness (QED) is 0.0715. The van der Waals surface area contributed by atoms with E-state index >= 15 is 0 Å². The highest BCUT2D eigenvalue weighted by molar-refractivity contribution is 5.52. The van der Waals surface area contributed by atoms with E-state index in [1.807, 2.05) is 0 Å². The second kappa shape index (κ2) is 21.7. The van der Waals surface area contributed by atoms with Crippen LogP contribution in [-0.2, 0) is 15.8 Å². The van der Waals surface area contributed by atoms with Crippen LogP contribution in [0, 0.1) is 35.5 Å². The van der Waals surface area contributed by atoms with Gasteiger partial charge in [-0.05, 0) is 133 Å². The van der Waals surface area contributed by atoms with Crippen molar-refractivity contribution < 1.29 is 4.74 Å². The third-order valence-electron chi connectivity index (χ3n) is 18.1. The Hall–Kier alpha value is -6.30. The summed E-state index contributed by atoms with van der Waals surface area (Å²) in [5, 5.41) is 0. The number of benzene rings is 6. The van der Waals surface area contributed by atoms with Crippen LogP contribution in [0.2, 0.25) is 0 Å². The van der Waals surface area contributed by atoms with Gasteiger partial charge in [0.25, 0.3) is 0 Å². The molecule has 5 nitrogen and oxygen atoms in total. The number of aromatic nitrogens is 4. The first-order valence-electron chi connectivity index (χ1n) is 28.3. The number of imidazole rings is 2. The Kier molecular flexibility index (Phi) is 14.1. The van der Waals surface area contributed by atoms with E-state index in [0.29, 0.717) is 0 Å². The van der Waals surface area contributed by atoms with E-state index in [0.717, 1.165) is 72.6 Å². The first-order valence-corrected chi connectivity index (χ1v) is 28.3. The Balaban J connectivity index is 0.981. The molecule has 6 atom stereocenters. The fraction of sp³-hybridized carbons (Fsp3) is 0.382. The van der Waals surface area contributed by atoms with Gasteiger partial charge in [-0.2, -0.15) is 0 Å². The maximum absolute atomic E-state index is 7.96. The molecule has 4 aliphatic carbocycles. The van der Waals surface area contributed by atoms with Gasteiger partial charge in [-0.25, -0.2) is 9.97 Å². The van der Waals surface area contributed by atoms with Crippen molar-refractivity contribution in [3.63, 3.8) is 0 Å². The van der Waals surface area contributed by atoms with Crippen LogP contribution < -0.4 is 0 Å². The van der Waals surface area contributed by atoms with Gasteiger partial charge in [0, 0.05) is 12.4 Å². The monoisotopic (exact) mass is 963 g/mol. The Bertz CT molecular complexity index is 2550. The van der Waals surface area contributed by atoms with E-state index in [4.69, 9.17) is 14.7 Å². The molecule has 0 spiro atoms. The number of rotatable bonds is 20. The van der Waals surface area contributed by atoms with Gasteiger partial charge in [0.05, 0.1) is 24.0 Å². The fourth-order valence-electron chi connectivity index (χ4n) is 14.3. The van der Waals surface area contributed by atoms with Gasteiger partial charge in [0.1, 0.15) is 23.3 Å². The summed E-state index contributed by atoms with van der Waals surface area (Å²) in [6.07, 6.45) is 29.2. The van der Waals surface area contributed by atoms with Crippen LogP contribution in [-0.4, -0.2) is 19.1 Å². The molecule has 12 rings (SSSR count). The molecule has 0 N–H and O–H groups in total. The van der Waals surface area contributed by atoms with Gasteiger partial charge < -0.3 is 13.9 Å². The molecule has 0 saturated heterocycles. The molecule has 5 heteroatoms. The molecule has 2 aromatic heterocycles. The highest BCUT2D eigenvalue weighted by Gasteiger charge is 2.43. The van der Waals surface area contributed by atoms with Gasteiger partial charge in [-0.1, -0.05) is 221 Å². The molecule has 73 heavy (non-hydrogen) atoms. The second-order valence-electron chi connectivity index (χ2n) is 22.4. The first-order chi connectivity index (χ1) is 36.2. The molecule has 0 aliphatic heterocycles. The van der Waals surface area contributed by atoms with Gasteiger partial charge in [-0.3, -0.25) is 0 Å². The Morgan fingerprint density at radius 1 is 0.384 bits per heavy atom. The standard InChI is InChI=1S/C68H74N4O/c1-7-25-55(26-8-1)67(56-27-9-2-10-28-56,57-29-11-3-12-30-57)71-47-63(69-49-71)65(45-43-51-23-19-21-37-61(51)53-39-40-53)73-66(46-44-52-24-20-22-38-62(52)54-41-42-54)64-48-72(50-70-64)68(58-31-13-4-14-32-58,59-33-15-5-16-34-59)60-35-17-6-18-36-60/h1-18,25-36,47-54,61-62,65-66H,19-24,37-46H2/t51?,52?,61-,62-,65?,66?/m1/s1. The van der Waals surface area contributed by atoms with Crippen LogP contribution in [0.1, 0.15) is 160 Å². The summed E-state index contributed by atoms with van der Waals surface area (Å²) in [5.41, 5.74) is 7.88. The molecule has 0 bridgehead atoms. The third kappa shape index (κ3) is 9.71. The largest absolute Gasteiger partial charge is 0.362 e. The minimum absolute atomic E-state index is 0.217. The van der Waals surface area contributed by atoms with Crippen LogP contribution in [0.5, 0.6) is 0 Å². The van der Waals surface area contributed by atoms with Crippen LogP contribution in [0.15, 0.2) is 207 Å². The van der Waals surface area contributed by atoms with Crippen molar-refractivity contribution in [2.45, 2.75) is 126 Å². The van der Waals surface area contributed by atoms with E-state index in [1.165, 1.54) is 110 Å². The minimum Gasteiger partial charge on any atom is -0.362 e. The Morgan fingerprint density at radius 2 is 0.671 bits per heavy atom. The lowest BCUT2D eigenvalue weighted by Crippen LogP contribution is -2.37. The van der Waals surface area contributed by atoms with Gasteiger partial charge in [-0.15, -0.1) is 0 Å². The van der Waals surface area contributed by atoms with E-state index in [2.05, 4.69) is 216 Å². The van der Waals surface area contributed by atoms with Crippen LogP contribution >= 0.6 is 0 Å². The van der Waals surface area contributed by atoms with E-state index in [-0.39, 0.29) is 12.2 Å². The average molecular weight is 963 g/mol. The molecular formula is C68H74N4O.